The van der Waals surface area contributed by atoms with Crippen LogP contribution in [-0.4, -0.2) is 63.6 Å². The number of nitrogens with one attached hydrogen (secondary N) is 1. The van der Waals surface area contributed by atoms with Crippen molar-refractivity contribution in [2.75, 3.05) is 6.54 Å². The van der Waals surface area contributed by atoms with Crippen LogP contribution in [0, 0.1) is 0 Å². The summed E-state index contributed by atoms with van der Waals surface area (Å²) >= 11 is 0. The van der Waals surface area contributed by atoms with Gasteiger partial charge in [0.05, 0.1) is 0 Å². The Labute approximate surface area is 124 Å². The van der Waals surface area contributed by atoms with E-state index in [1.165, 1.54) is 19.3 Å². The fourth-order valence-electron chi connectivity index (χ4n) is 2.40. The first-order valence-corrected chi connectivity index (χ1v) is 7.65. The Balaban J connectivity index is 2.31. The lowest BCUT2D eigenvalue weighted by molar-refractivity contribution is -0.233. The predicted molar refractivity (Wildman–Crippen MR) is 75.7 cm³/mol. The number of aliphatic hydroxyl groups is 3. The van der Waals surface area contributed by atoms with Crippen molar-refractivity contribution < 1.29 is 30.0 Å². The van der Waals surface area contributed by atoms with Crippen LogP contribution in [0.3, 0.4) is 0 Å². The second-order valence-electron chi connectivity index (χ2n) is 5.51. The number of rotatable bonds is 9. The lowest BCUT2D eigenvalue weighted by Crippen LogP contribution is -2.63. The second kappa shape index (κ2) is 9.32. The molecule has 7 heteroatoms. The lowest BCUT2D eigenvalue weighted by Gasteiger charge is -2.39. The van der Waals surface area contributed by atoms with E-state index in [0.717, 1.165) is 19.3 Å². The smallest absolute Gasteiger partial charge is 0.335 e. The summed E-state index contributed by atoms with van der Waals surface area (Å²) < 4.78 is 5.12. The number of hydrogen-bond donors (Lipinski definition) is 5. The summed E-state index contributed by atoms with van der Waals surface area (Å²) in [7, 11) is 0. The Morgan fingerprint density at radius 3 is 2.24 bits per heavy atom. The van der Waals surface area contributed by atoms with Crippen molar-refractivity contribution in [2.45, 2.75) is 76.1 Å². The highest BCUT2D eigenvalue weighted by atomic mass is 16.6. The number of ether oxygens (including phenoxy) is 1. The molecule has 0 aromatic rings. The van der Waals surface area contributed by atoms with Crippen molar-refractivity contribution in [1.29, 1.82) is 0 Å². The molecule has 124 valence electrons. The van der Waals surface area contributed by atoms with Crippen molar-refractivity contribution >= 4 is 5.97 Å². The number of hydrogen-bond acceptors (Lipinski definition) is 6. The van der Waals surface area contributed by atoms with Gasteiger partial charge in [-0.1, -0.05) is 39.0 Å². The molecule has 5 atom stereocenters. The average molecular weight is 305 g/mol. The monoisotopic (exact) mass is 305 g/mol. The van der Waals surface area contributed by atoms with Crippen molar-refractivity contribution in [1.82, 2.24) is 5.32 Å². The van der Waals surface area contributed by atoms with E-state index >= 15 is 0 Å². The molecule has 7 nitrogen and oxygen atoms in total. The fourth-order valence-corrected chi connectivity index (χ4v) is 2.40. The van der Waals surface area contributed by atoms with E-state index in [0.29, 0.717) is 6.54 Å². The molecule has 0 bridgehead atoms. The molecule has 0 aromatic heterocycles. The number of aliphatic hydroxyl groups excluding tert-OH is 3. The van der Waals surface area contributed by atoms with E-state index in [1.54, 1.807) is 0 Å². The minimum Gasteiger partial charge on any atom is -0.479 e. The standard InChI is InChI=1S/C14H27NO6/c1-2-3-4-5-6-7-8-15-13-11(18)9(16)10(17)12(21-13)14(19)20/h9-13,15-18H,2-8H2,1H3,(H,19,20)/t9-,10-,11+,12-,13+/m0/s1. The fraction of sp³-hybridized carbons (Fsp3) is 0.929. The molecule has 0 aromatic carbocycles. The van der Waals surface area contributed by atoms with Gasteiger partial charge >= 0.3 is 5.97 Å². The third-order valence-electron chi connectivity index (χ3n) is 3.73. The van der Waals surface area contributed by atoms with Gasteiger partial charge in [0, 0.05) is 0 Å². The Bertz CT molecular complexity index is 314. The highest BCUT2D eigenvalue weighted by Gasteiger charge is 2.46. The number of unbranched alkanes of at least 4 members (excludes halogenated alkanes) is 5. The van der Waals surface area contributed by atoms with E-state index in [2.05, 4.69) is 12.2 Å². The van der Waals surface area contributed by atoms with Gasteiger partial charge in [-0.3, -0.25) is 5.32 Å². The van der Waals surface area contributed by atoms with Crippen LogP contribution in [0.4, 0.5) is 0 Å². The van der Waals surface area contributed by atoms with E-state index < -0.39 is 36.6 Å². The molecule has 0 unspecified atom stereocenters. The summed E-state index contributed by atoms with van der Waals surface area (Å²) in [5, 5.41) is 40.8. The summed E-state index contributed by atoms with van der Waals surface area (Å²) in [5.41, 5.74) is 0. The predicted octanol–water partition coefficient (Wildman–Crippen LogP) is -0.171. The molecule has 1 fully saturated rings. The third kappa shape index (κ3) is 5.52. The minimum absolute atomic E-state index is 0.559. The van der Waals surface area contributed by atoms with Crippen LogP contribution < -0.4 is 5.32 Å². The van der Waals surface area contributed by atoms with E-state index in [-0.39, 0.29) is 0 Å². The molecule has 5 N–H and O–H groups in total. The Hall–Kier alpha value is -0.730. The highest BCUT2D eigenvalue weighted by molar-refractivity contribution is 5.73. The van der Waals surface area contributed by atoms with Gasteiger partial charge in [0.15, 0.2) is 6.10 Å². The molecule has 0 amide bonds. The largest absolute Gasteiger partial charge is 0.479 e. The molecular weight excluding hydrogens is 278 g/mol. The van der Waals surface area contributed by atoms with Crippen LogP contribution in [0.1, 0.15) is 45.4 Å². The molecule has 1 aliphatic heterocycles. The third-order valence-corrected chi connectivity index (χ3v) is 3.73. The molecule has 0 spiro atoms. The molecule has 21 heavy (non-hydrogen) atoms. The highest BCUT2D eigenvalue weighted by Crippen LogP contribution is 2.20. The van der Waals surface area contributed by atoms with Gasteiger partial charge in [-0.05, 0) is 13.0 Å². The maximum Gasteiger partial charge on any atom is 0.335 e. The molecule has 1 rings (SSSR count). The maximum absolute atomic E-state index is 10.9. The topological polar surface area (TPSA) is 119 Å². The van der Waals surface area contributed by atoms with Gasteiger partial charge in [-0.25, -0.2) is 4.79 Å². The average Bonchev–Trinajstić information content (AvgIpc) is 2.45. The molecule has 0 saturated carbocycles. The Kier molecular flexibility index (Phi) is 8.13. The summed E-state index contributed by atoms with van der Waals surface area (Å²) in [4.78, 5) is 10.9. The zero-order valence-electron chi connectivity index (χ0n) is 12.4. The zero-order valence-corrected chi connectivity index (χ0v) is 12.4. The maximum atomic E-state index is 10.9. The molecule has 1 saturated heterocycles. The molecular formula is C14H27NO6. The molecule has 1 heterocycles. The molecule has 0 aliphatic carbocycles. The zero-order chi connectivity index (χ0) is 15.8. The first-order valence-electron chi connectivity index (χ1n) is 7.65. The first-order chi connectivity index (χ1) is 9.99. The van der Waals surface area contributed by atoms with Crippen LogP contribution in [0.25, 0.3) is 0 Å². The van der Waals surface area contributed by atoms with Crippen LogP contribution >= 0.6 is 0 Å². The van der Waals surface area contributed by atoms with E-state index in [9.17, 15) is 20.1 Å². The van der Waals surface area contributed by atoms with Crippen LogP contribution in [0.2, 0.25) is 0 Å². The van der Waals surface area contributed by atoms with Crippen LogP contribution in [0.5, 0.6) is 0 Å². The summed E-state index contributed by atoms with van der Waals surface area (Å²) in [6.45, 7) is 2.71. The van der Waals surface area contributed by atoms with Crippen molar-refractivity contribution in [3.63, 3.8) is 0 Å². The van der Waals surface area contributed by atoms with Crippen LogP contribution in [-0.2, 0) is 9.53 Å². The van der Waals surface area contributed by atoms with Crippen molar-refractivity contribution in [3.8, 4) is 0 Å². The van der Waals surface area contributed by atoms with Gasteiger partial charge < -0.3 is 25.2 Å². The van der Waals surface area contributed by atoms with E-state index in [1.807, 2.05) is 0 Å². The van der Waals surface area contributed by atoms with Crippen LogP contribution in [0.15, 0.2) is 0 Å². The normalized spacial score (nSPS) is 33.0. The van der Waals surface area contributed by atoms with Crippen molar-refractivity contribution in [2.24, 2.45) is 0 Å². The second-order valence-corrected chi connectivity index (χ2v) is 5.51. The number of carboxylic acids is 1. The van der Waals surface area contributed by atoms with Gasteiger partial charge in [0.2, 0.25) is 0 Å². The number of carboxylic acid groups (broad SMARTS) is 1. The Morgan fingerprint density at radius 1 is 1.00 bits per heavy atom. The molecule has 1 aliphatic rings. The van der Waals surface area contributed by atoms with Gasteiger partial charge in [-0.15, -0.1) is 0 Å². The van der Waals surface area contributed by atoms with Gasteiger partial charge in [0.1, 0.15) is 24.5 Å². The number of aliphatic carboxylic acids is 1. The summed E-state index contributed by atoms with van der Waals surface area (Å²) in [6, 6.07) is 0. The van der Waals surface area contributed by atoms with Crippen molar-refractivity contribution in [3.05, 3.63) is 0 Å². The van der Waals surface area contributed by atoms with Gasteiger partial charge in [-0.2, -0.15) is 0 Å². The summed E-state index contributed by atoms with van der Waals surface area (Å²) in [6.07, 6.45) is -0.365. The van der Waals surface area contributed by atoms with Gasteiger partial charge in [0.25, 0.3) is 0 Å². The van der Waals surface area contributed by atoms with E-state index in [4.69, 9.17) is 9.84 Å². The first kappa shape index (κ1) is 18.3. The number of carbonyl (C=O) groups is 1. The molecule has 0 radical (unpaired) electrons. The quantitative estimate of drug-likeness (QED) is 0.375. The minimum atomic E-state index is -1.63. The SMILES string of the molecule is CCCCCCCCN[C@@H]1O[C@H](C(=O)O)[C@@H](O)[C@H](O)[C@H]1O. The Morgan fingerprint density at radius 2 is 1.62 bits per heavy atom. The summed E-state index contributed by atoms with van der Waals surface area (Å²) in [5.74, 6) is -1.36. The lowest BCUT2D eigenvalue weighted by atomic mass is 9.98.